The van der Waals surface area contributed by atoms with E-state index in [9.17, 15) is 19.6 Å². The fourth-order valence-corrected chi connectivity index (χ4v) is 7.50. The summed E-state index contributed by atoms with van der Waals surface area (Å²) in [6.07, 6.45) is 15.4. The van der Waals surface area contributed by atoms with E-state index >= 15 is 0 Å². The van der Waals surface area contributed by atoms with Gasteiger partial charge >= 0.3 is 17.9 Å². The number of carbonyl (C=O) groups is 3. The largest absolute Gasteiger partial charge is 0.494 e. The first-order valence-electron chi connectivity index (χ1n) is 22.5. The Kier molecular flexibility index (Phi) is 22.7. The zero-order chi connectivity index (χ0) is 45.2. The second-order valence-electron chi connectivity index (χ2n) is 17.4. The van der Waals surface area contributed by atoms with Crippen LogP contribution in [0.1, 0.15) is 135 Å². The maximum Gasteiger partial charge on any atom is 0.330 e. The summed E-state index contributed by atoms with van der Waals surface area (Å²) in [6, 6.07) is 27.3. The van der Waals surface area contributed by atoms with Crippen molar-refractivity contribution in [3.8, 4) is 17.6 Å². The van der Waals surface area contributed by atoms with Gasteiger partial charge in [-0.1, -0.05) is 95.8 Å². The van der Waals surface area contributed by atoms with Gasteiger partial charge in [-0.25, -0.2) is 4.79 Å². The van der Waals surface area contributed by atoms with Gasteiger partial charge in [-0.05, 0) is 142 Å². The number of rotatable bonds is 29. The summed E-state index contributed by atoms with van der Waals surface area (Å²) >= 11 is 0. The van der Waals surface area contributed by atoms with Crippen LogP contribution in [0.15, 0.2) is 84.9 Å². The average Bonchev–Trinajstić information content (AvgIpc) is 3.26. The fourth-order valence-electron chi connectivity index (χ4n) is 7.50. The number of ether oxygens (including phenoxy) is 5. The molecule has 0 heterocycles. The number of unbranched alkanes of at least 4 members (excludes halogenated alkanes) is 8. The number of carbonyl (C=O) groups excluding carboxylic acids is 3. The number of hydrogen-bond acceptors (Lipinski definition) is 9. The number of benzene rings is 3. The Morgan fingerprint density at radius 2 is 1.15 bits per heavy atom. The quantitative estimate of drug-likeness (QED) is 0.0168. The van der Waals surface area contributed by atoms with Crippen molar-refractivity contribution in [3.05, 3.63) is 102 Å². The van der Waals surface area contributed by atoms with E-state index in [2.05, 4.69) is 24.7 Å². The van der Waals surface area contributed by atoms with E-state index in [-0.39, 0.29) is 23.8 Å². The van der Waals surface area contributed by atoms with Crippen LogP contribution in [-0.4, -0.2) is 51.4 Å². The van der Waals surface area contributed by atoms with Crippen molar-refractivity contribution in [2.24, 2.45) is 22.7 Å². The molecule has 0 fully saturated rings. The summed E-state index contributed by atoms with van der Waals surface area (Å²) in [4.78, 5) is 38.6. The van der Waals surface area contributed by atoms with Gasteiger partial charge in [0, 0.05) is 6.08 Å². The molecule has 0 spiro atoms. The standard InChI is InChI=1S/C53H71NO8/c1-41(2)38-52(5,40-53(6,42(3)4)51(57)62-36-20-13-12-18-34-59-47-28-23-43(24-29-47)25-32-49(55)58-7)50(56)61-35-19-11-9-8-10-17-33-60-48-30-26-45(27-31-48)46(39-54)37-44-21-15-14-16-22-44/h14-16,21-32,37,41-42H,8-13,17-20,33-36,38,40H2,1-7H3/b32-25+,46-37+. The molecule has 0 saturated carbocycles. The number of methoxy groups -OCH3 is 1. The molecule has 0 bridgehead atoms. The topological polar surface area (TPSA) is 121 Å². The first kappa shape index (κ1) is 51.0. The zero-order valence-electron chi connectivity index (χ0n) is 38.4. The predicted molar refractivity (Wildman–Crippen MR) is 248 cm³/mol. The van der Waals surface area contributed by atoms with Gasteiger partial charge in [-0.15, -0.1) is 0 Å². The van der Waals surface area contributed by atoms with Crippen LogP contribution < -0.4 is 9.47 Å². The molecule has 2 unspecified atom stereocenters. The summed E-state index contributed by atoms with van der Waals surface area (Å²) in [5.74, 6) is 0.896. The molecule has 0 radical (unpaired) electrons. The normalized spacial score (nSPS) is 13.6. The van der Waals surface area contributed by atoms with E-state index in [0.29, 0.717) is 44.8 Å². The van der Waals surface area contributed by atoms with Gasteiger partial charge in [-0.2, -0.15) is 5.26 Å². The molecule has 0 aliphatic rings. The Morgan fingerprint density at radius 3 is 1.65 bits per heavy atom. The maximum atomic E-state index is 13.7. The van der Waals surface area contributed by atoms with Gasteiger partial charge < -0.3 is 23.7 Å². The average molecular weight is 850 g/mol. The maximum absolute atomic E-state index is 13.7. The Bertz CT molecular complexity index is 1880. The van der Waals surface area contributed by atoms with Crippen LogP contribution in [0.3, 0.4) is 0 Å². The molecular formula is C53H71NO8. The van der Waals surface area contributed by atoms with Gasteiger partial charge in [0.15, 0.2) is 0 Å². The number of hydrogen-bond donors (Lipinski definition) is 0. The van der Waals surface area contributed by atoms with Gasteiger partial charge in [0.05, 0.1) is 56.0 Å². The van der Waals surface area contributed by atoms with E-state index < -0.39 is 16.8 Å². The van der Waals surface area contributed by atoms with Crippen molar-refractivity contribution in [3.63, 3.8) is 0 Å². The molecule has 62 heavy (non-hydrogen) atoms. The van der Waals surface area contributed by atoms with Crippen LogP contribution >= 0.6 is 0 Å². The number of nitriles is 1. The molecule has 2 atom stereocenters. The molecule has 9 heteroatoms. The Morgan fingerprint density at radius 1 is 0.645 bits per heavy atom. The van der Waals surface area contributed by atoms with Crippen molar-refractivity contribution in [1.29, 1.82) is 5.26 Å². The van der Waals surface area contributed by atoms with Gasteiger partial charge in [0.25, 0.3) is 0 Å². The molecule has 3 rings (SSSR count). The fraction of sp³-hybridized carbons (Fsp3) is 0.509. The highest BCUT2D eigenvalue weighted by atomic mass is 16.5. The summed E-state index contributed by atoms with van der Waals surface area (Å²) in [5.41, 5.74) is 1.69. The summed E-state index contributed by atoms with van der Waals surface area (Å²) in [5, 5.41) is 9.65. The first-order valence-corrected chi connectivity index (χ1v) is 22.5. The van der Waals surface area contributed by atoms with Crippen molar-refractivity contribution in [1.82, 2.24) is 0 Å². The molecule has 0 aliphatic heterocycles. The highest BCUT2D eigenvalue weighted by molar-refractivity contribution is 5.89. The van der Waals surface area contributed by atoms with E-state index in [1.54, 1.807) is 6.08 Å². The van der Waals surface area contributed by atoms with Crippen molar-refractivity contribution in [2.75, 3.05) is 33.5 Å². The Labute approximate surface area is 371 Å². The van der Waals surface area contributed by atoms with E-state index in [1.807, 2.05) is 113 Å². The summed E-state index contributed by atoms with van der Waals surface area (Å²) < 4.78 is 28.2. The van der Waals surface area contributed by atoms with Crippen LogP contribution in [0, 0.1) is 34.0 Å². The lowest BCUT2D eigenvalue weighted by Gasteiger charge is -2.39. The van der Waals surface area contributed by atoms with Gasteiger partial charge in [0.1, 0.15) is 11.5 Å². The molecule has 0 N–H and O–H groups in total. The molecule has 3 aromatic carbocycles. The van der Waals surface area contributed by atoms with Crippen molar-refractivity contribution >= 4 is 35.6 Å². The third-order valence-electron chi connectivity index (χ3n) is 11.3. The minimum Gasteiger partial charge on any atom is -0.494 e. The first-order chi connectivity index (χ1) is 29.8. The molecule has 9 nitrogen and oxygen atoms in total. The van der Waals surface area contributed by atoms with E-state index in [0.717, 1.165) is 92.4 Å². The zero-order valence-corrected chi connectivity index (χ0v) is 38.4. The lowest BCUT2D eigenvalue weighted by atomic mass is 9.65. The number of allylic oxidation sites excluding steroid dienone is 1. The summed E-state index contributed by atoms with van der Waals surface area (Å²) in [7, 11) is 1.35. The van der Waals surface area contributed by atoms with Crippen LogP contribution in [0.4, 0.5) is 0 Å². The van der Waals surface area contributed by atoms with Crippen molar-refractivity contribution < 1.29 is 38.1 Å². The molecule has 0 amide bonds. The molecule has 0 aromatic heterocycles. The second-order valence-corrected chi connectivity index (χ2v) is 17.4. The molecule has 336 valence electrons. The lowest BCUT2D eigenvalue weighted by Crippen LogP contribution is -2.44. The summed E-state index contributed by atoms with van der Waals surface area (Å²) in [6.45, 7) is 14.1. The third kappa shape index (κ3) is 18.3. The van der Waals surface area contributed by atoms with Crippen molar-refractivity contribution in [2.45, 2.75) is 119 Å². The van der Waals surface area contributed by atoms with Gasteiger partial charge in [0.2, 0.25) is 0 Å². The molecule has 3 aromatic rings. The SMILES string of the molecule is COC(=O)/C=C/c1ccc(OCCCCCCOC(=O)C(C)(CC(C)(CC(C)C)C(=O)OCCCCCCCCOc2ccc(/C(C#N)=C/c3ccccc3)cc2)C(C)C)cc1. The third-order valence-corrected chi connectivity index (χ3v) is 11.3. The van der Waals surface area contributed by atoms with Crippen LogP contribution in [0.2, 0.25) is 0 Å². The monoisotopic (exact) mass is 850 g/mol. The Balaban J connectivity index is 1.32. The smallest absolute Gasteiger partial charge is 0.330 e. The highest BCUT2D eigenvalue weighted by Crippen LogP contribution is 2.45. The van der Waals surface area contributed by atoms with E-state index in [4.69, 9.17) is 18.9 Å². The lowest BCUT2D eigenvalue weighted by molar-refractivity contribution is -0.167. The number of esters is 3. The van der Waals surface area contributed by atoms with E-state index in [1.165, 1.54) is 13.2 Å². The minimum atomic E-state index is -0.838. The predicted octanol–water partition coefficient (Wildman–Crippen LogP) is 12.5. The molecule has 0 saturated heterocycles. The second kappa shape index (κ2) is 27.6. The highest BCUT2D eigenvalue weighted by Gasteiger charge is 2.48. The molecular weight excluding hydrogens is 779 g/mol. The van der Waals surface area contributed by atoms with Crippen LogP contribution in [0.5, 0.6) is 11.5 Å². The molecule has 0 aliphatic carbocycles. The Hall–Kier alpha value is -5.36. The number of nitrogens with zero attached hydrogens (tertiary/aromatic N) is 1. The van der Waals surface area contributed by atoms with Crippen LogP contribution in [0.25, 0.3) is 17.7 Å². The van der Waals surface area contributed by atoms with Crippen LogP contribution in [-0.2, 0) is 28.6 Å². The minimum absolute atomic E-state index is 0.0273. The van der Waals surface area contributed by atoms with Gasteiger partial charge in [-0.3, -0.25) is 9.59 Å².